The molecule has 2 aliphatic carbocycles. The van der Waals surface area contributed by atoms with Crippen molar-refractivity contribution in [3.63, 3.8) is 0 Å². The van der Waals surface area contributed by atoms with Crippen LogP contribution in [0.5, 0.6) is 0 Å². The number of fused-ring (bicyclic) bond motifs is 2. The van der Waals surface area contributed by atoms with Gasteiger partial charge in [0.25, 0.3) is 0 Å². The van der Waals surface area contributed by atoms with Gasteiger partial charge in [-0.2, -0.15) is 0 Å². The van der Waals surface area contributed by atoms with Gasteiger partial charge in [-0.1, -0.05) is 19.1 Å². The lowest BCUT2D eigenvalue weighted by Crippen LogP contribution is -2.40. The fourth-order valence-corrected chi connectivity index (χ4v) is 3.02. The molecular formula is C9H10Cl2O. The number of hydrogen-bond donors (Lipinski definition) is 0. The van der Waals surface area contributed by atoms with Gasteiger partial charge in [0.05, 0.1) is 0 Å². The maximum Gasteiger partial charge on any atom is 0.243 e. The summed E-state index contributed by atoms with van der Waals surface area (Å²) < 4.78 is 0. The Morgan fingerprint density at radius 1 is 1.58 bits per heavy atom. The SMILES string of the molecule is CC1C2C=CC(C2)C1(Cl)C(=O)Cl. The van der Waals surface area contributed by atoms with Gasteiger partial charge in [-0.25, -0.2) is 0 Å². The van der Waals surface area contributed by atoms with E-state index in [1.807, 2.05) is 13.0 Å². The number of carbonyl (C=O) groups excluding carboxylic acids is 1. The molecule has 0 radical (unpaired) electrons. The van der Waals surface area contributed by atoms with Crippen LogP contribution in [0.15, 0.2) is 12.2 Å². The predicted octanol–water partition coefficient (Wildman–Crippen LogP) is 2.57. The smallest absolute Gasteiger partial charge is 0.243 e. The molecule has 0 spiro atoms. The Kier molecular flexibility index (Phi) is 1.78. The molecule has 0 aromatic heterocycles. The van der Waals surface area contributed by atoms with Gasteiger partial charge in [0.15, 0.2) is 0 Å². The predicted molar refractivity (Wildman–Crippen MR) is 49.3 cm³/mol. The van der Waals surface area contributed by atoms with E-state index in [0.717, 1.165) is 6.42 Å². The third-order valence-electron chi connectivity index (χ3n) is 3.26. The van der Waals surface area contributed by atoms with E-state index in [2.05, 4.69) is 6.08 Å². The molecule has 2 aliphatic rings. The second-order valence-corrected chi connectivity index (χ2v) is 4.69. The lowest BCUT2D eigenvalue weighted by Gasteiger charge is -2.30. The molecule has 0 saturated heterocycles. The summed E-state index contributed by atoms with van der Waals surface area (Å²) in [5.41, 5.74) is 0. The molecular weight excluding hydrogens is 195 g/mol. The second kappa shape index (κ2) is 2.49. The van der Waals surface area contributed by atoms with Gasteiger partial charge >= 0.3 is 0 Å². The largest absolute Gasteiger partial charge is 0.279 e. The third-order valence-corrected chi connectivity index (χ3v) is 4.47. The van der Waals surface area contributed by atoms with E-state index < -0.39 is 10.1 Å². The Bertz CT molecular complexity index is 261. The van der Waals surface area contributed by atoms with E-state index in [9.17, 15) is 4.79 Å². The fraction of sp³-hybridized carbons (Fsp3) is 0.667. The lowest BCUT2D eigenvalue weighted by atomic mass is 9.84. The van der Waals surface area contributed by atoms with Crippen LogP contribution in [0.4, 0.5) is 0 Å². The molecule has 2 rings (SSSR count). The normalized spacial score (nSPS) is 50.1. The average molecular weight is 205 g/mol. The zero-order chi connectivity index (χ0) is 8.93. The highest BCUT2D eigenvalue weighted by atomic mass is 35.5. The average Bonchev–Trinajstić information content (AvgIpc) is 2.55. The maximum atomic E-state index is 11.2. The van der Waals surface area contributed by atoms with Crippen molar-refractivity contribution in [3.8, 4) is 0 Å². The third kappa shape index (κ3) is 0.841. The van der Waals surface area contributed by atoms with E-state index in [1.54, 1.807) is 0 Å². The Balaban J connectivity index is 2.39. The number of halogens is 2. The Labute approximate surface area is 81.7 Å². The van der Waals surface area contributed by atoms with Crippen molar-refractivity contribution < 1.29 is 4.79 Å². The Hall–Kier alpha value is -0.0100. The Morgan fingerprint density at radius 3 is 2.58 bits per heavy atom. The first kappa shape index (κ1) is 8.58. The number of allylic oxidation sites excluding steroid dienone is 2. The van der Waals surface area contributed by atoms with E-state index >= 15 is 0 Å². The molecule has 2 bridgehead atoms. The summed E-state index contributed by atoms with van der Waals surface area (Å²) in [6.07, 6.45) is 5.16. The molecule has 1 nitrogen and oxygen atoms in total. The molecule has 4 unspecified atom stereocenters. The Morgan fingerprint density at radius 2 is 2.25 bits per heavy atom. The van der Waals surface area contributed by atoms with Crippen molar-refractivity contribution in [2.75, 3.05) is 0 Å². The topological polar surface area (TPSA) is 17.1 Å². The first-order valence-corrected chi connectivity index (χ1v) is 4.89. The van der Waals surface area contributed by atoms with Crippen LogP contribution in [-0.4, -0.2) is 10.1 Å². The van der Waals surface area contributed by atoms with Crippen molar-refractivity contribution in [2.45, 2.75) is 18.2 Å². The lowest BCUT2D eigenvalue weighted by molar-refractivity contribution is -0.115. The maximum absolute atomic E-state index is 11.2. The van der Waals surface area contributed by atoms with E-state index in [1.165, 1.54) is 0 Å². The molecule has 0 aliphatic heterocycles. The molecule has 12 heavy (non-hydrogen) atoms. The van der Waals surface area contributed by atoms with Gasteiger partial charge in [-0.05, 0) is 29.9 Å². The van der Waals surface area contributed by atoms with Gasteiger partial charge in [-0.15, -0.1) is 11.6 Å². The second-order valence-electron chi connectivity index (χ2n) is 3.72. The molecule has 1 saturated carbocycles. The van der Waals surface area contributed by atoms with E-state index in [0.29, 0.717) is 5.92 Å². The summed E-state index contributed by atoms with van der Waals surface area (Å²) in [5, 5.41) is -0.395. The van der Waals surface area contributed by atoms with Crippen molar-refractivity contribution in [1.82, 2.24) is 0 Å². The van der Waals surface area contributed by atoms with Gasteiger partial charge in [0.2, 0.25) is 5.24 Å². The minimum atomic E-state index is -0.818. The summed E-state index contributed by atoms with van der Waals surface area (Å²) in [6, 6.07) is 0. The van der Waals surface area contributed by atoms with E-state index in [-0.39, 0.29) is 11.8 Å². The quantitative estimate of drug-likeness (QED) is 0.365. The molecule has 0 amide bonds. The van der Waals surface area contributed by atoms with Crippen molar-refractivity contribution in [3.05, 3.63) is 12.2 Å². The highest BCUT2D eigenvalue weighted by Gasteiger charge is 2.56. The summed E-state index contributed by atoms with van der Waals surface area (Å²) in [4.78, 5) is 10.3. The van der Waals surface area contributed by atoms with Crippen LogP contribution < -0.4 is 0 Å². The van der Waals surface area contributed by atoms with Crippen LogP contribution >= 0.6 is 23.2 Å². The fourth-order valence-electron chi connectivity index (χ4n) is 2.38. The number of hydrogen-bond acceptors (Lipinski definition) is 1. The summed E-state index contributed by atoms with van der Waals surface area (Å²) in [7, 11) is 0. The monoisotopic (exact) mass is 204 g/mol. The zero-order valence-corrected chi connectivity index (χ0v) is 8.27. The molecule has 0 N–H and O–H groups in total. The summed E-state index contributed by atoms with van der Waals surface area (Å²) in [5.74, 6) is 0.790. The van der Waals surface area contributed by atoms with Gasteiger partial charge in [0, 0.05) is 5.92 Å². The summed E-state index contributed by atoms with van der Waals surface area (Å²) >= 11 is 11.7. The zero-order valence-electron chi connectivity index (χ0n) is 6.76. The highest BCUT2D eigenvalue weighted by molar-refractivity contribution is 6.71. The molecule has 4 atom stereocenters. The first-order valence-electron chi connectivity index (χ1n) is 4.14. The minimum Gasteiger partial charge on any atom is -0.279 e. The van der Waals surface area contributed by atoms with Crippen molar-refractivity contribution >= 4 is 28.4 Å². The number of alkyl halides is 1. The van der Waals surface area contributed by atoms with Gasteiger partial charge in [-0.3, -0.25) is 4.79 Å². The summed E-state index contributed by atoms with van der Waals surface area (Å²) in [6.45, 7) is 2.00. The molecule has 0 aromatic rings. The van der Waals surface area contributed by atoms with Crippen molar-refractivity contribution in [2.24, 2.45) is 17.8 Å². The minimum absolute atomic E-state index is 0.157. The number of rotatable bonds is 1. The van der Waals surface area contributed by atoms with Gasteiger partial charge < -0.3 is 0 Å². The van der Waals surface area contributed by atoms with Crippen LogP contribution in [-0.2, 0) is 4.79 Å². The molecule has 3 heteroatoms. The van der Waals surface area contributed by atoms with Crippen LogP contribution in [0.2, 0.25) is 0 Å². The highest BCUT2D eigenvalue weighted by Crippen LogP contribution is 2.54. The molecule has 1 fully saturated rings. The van der Waals surface area contributed by atoms with Crippen LogP contribution in [0.25, 0.3) is 0 Å². The first-order chi connectivity index (χ1) is 5.56. The van der Waals surface area contributed by atoms with Crippen LogP contribution in [0, 0.1) is 17.8 Å². The van der Waals surface area contributed by atoms with Crippen molar-refractivity contribution in [1.29, 1.82) is 0 Å². The van der Waals surface area contributed by atoms with Crippen LogP contribution in [0.1, 0.15) is 13.3 Å². The van der Waals surface area contributed by atoms with E-state index in [4.69, 9.17) is 23.2 Å². The standard InChI is InChI=1S/C9H10Cl2O/c1-5-6-2-3-7(4-6)9(5,11)8(10)12/h2-3,5-7H,4H2,1H3. The molecule has 0 heterocycles. The molecule has 66 valence electrons. The van der Waals surface area contributed by atoms with Gasteiger partial charge in [0.1, 0.15) is 4.87 Å². The number of carbonyl (C=O) groups is 1. The molecule has 0 aromatic carbocycles. The van der Waals surface area contributed by atoms with Crippen LogP contribution in [0.3, 0.4) is 0 Å².